The van der Waals surface area contributed by atoms with Gasteiger partial charge in [-0.3, -0.25) is 9.78 Å². The van der Waals surface area contributed by atoms with Crippen LogP contribution >= 0.6 is 0 Å². The Kier molecular flexibility index (Phi) is 7.99. The van der Waals surface area contributed by atoms with Crippen LogP contribution in [0.1, 0.15) is 17.7 Å². The molecule has 3 rings (SSSR count). The molecule has 1 heterocycles. The lowest BCUT2D eigenvalue weighted by molar-refractivity contribution is -0.116. The average molecular weight is 418 g/mol. The minimum Gasteiger partial charge on any atom is -0.487 e. The van der Waals surface area contributed by atoms with E-state index >= 15 is 0 Å². The highest BCUT2D eigenvalue weighted by Gasteiger charge is 2.10. The fourth-order valence-corrected chi connectivity index (χ4v) is 2.87. The molecule has 7 nitrogen and oxygen atoms in total. The number of benzene rings is 2. The molecule has 0 aliphatic rings. The molecule has 0 unspecified atom stereocenters. The predicted octanol–water partition coefficient (Wildman–Crippen LogP) is 3.83. The Morgan fingerprint density at radius 3 is 2.58 bits per heavy atom. The largest absolute Gasteiger partial charge is 0.487 e. The summed E-state index contributed by atoms with van der Waals surface area (Å²) >= 11 is 0. The molecule has 1 aromatic heterocycles. The number of nitrogens with one attached hydrogen (secondary N) is 2. The molecule has 0 bridgehead atoms. The number of pyridine rings is 1. The molecule has 0 saturated carbocycles. The zero-order valence-corrected chi connectivity index (χ0v) is 17.5. The van der Waals surface area contributed by atoms with Gasteiger partial charge in [-0.2, -0.15) is 0 Å². The summed E-state index contributed by atoms with van der Waals surface area (Å²) in [5.74, 6) is 0.451. The molecule has 0 aliphatic carbocycles. The highest BCUT2D eigenvalue weighted by molar-refractivity contribution is 5.91. The van der Waals surface area contributed by atoms with E-state index in [1.807, 2.05) is 60.7 Å². The Hall–Kier alpha value is -3.87. The van der Waals surface area contributed by atoms with E-state index < -0.39 is 0 Å². The molecule has 31 heavy (non-hydrogen) atoms. The number of carbonyl (C=O) groups is 2. The third kappa shape index (κ3) is 7.47. The summed E-state index contributed by atoms with van der Waals surface area (Å²) in [5, 5.41) is 5.59. The molecule has 3 aromatic rings. The lowest BCUT2D eigenvalue weighted by atomic mass is 10.2. The standard InChI is InChI=1S/C24H26N4O3/c1-28(17-19-8-3-2-4-9-19)24(30)26-15-13-23(29)27-20-11-7-12-22(16-20)31-18-21-10-5-6-14-25-21/h2-12,14,16H,13,15,17-18H2,1H3,(H,26,30)(H,27,29). The summed E-state index contributed by atoms with van der Waals surface area (Å²) in [6, 6.07) is 22.3. The summed E-state index contributed by atoms with van der Waals surface area (Å²) in [4.78, 5) is 30.2. The maximum Gasteiger partial charge on any atom is 0.317 e. The minimum atomic E-state index is -0.221. The van der Waals surface area contributed by atoms with Gasteiger partial charge in [0.1, 0.15) is 12.4 Å². The van der Waals surface area contributed by atoms with Gasteiger partial charge in [-0.15, -0.1) is 0 Å². The molecule has 2 N–H and O–H groups in total. The van der Waals surface area contributed by atoms with Gasteiger partial charge < -0.3 is 20.3 Å². The molecule has 0 fully saturated rings. The van der Waals surface area contributed by atoms with Crippen molar-refractivity contribution >= 4 is 17.6 Å². The lowest BCUT2D eigenvalue weighted by Crippen LogP contribution is -2.38. The maximum atomic E-state index is 12.2. The zero-order valence-electron chi connectivity index (χ0n) is 17.5. The fraction of sp³-hybridized carbons (Fsp3) is 0.208. The van der Waals surface area contributed by atoms with Crippen molar-refractivity contribution in [2.75, 3.05) is 18.9 Å². The number of hydrogen-bond donors (Lipinski definition) is 2. The van der Waals surface area contributed by atoms with Crippen molar-refractivity contribution in [1.29, 1.82) is 0 Å². The van der Waals surface area contributed by atoms with E-state index in [2.05, 4.69) is 15.6 Å². The van der Waals surface area contributed by atoms with E-state index in [9.17, 15) is 9.59 Å². The topological polar surface area (TPSA) is 83.6 Å². The van der Waals surface area contributed by atoms with Crippen LogP contribution in [0.5, 0.6) is 5.75 Å². The minimum absolute atomic E-state index is 0.171. The fourth-order valence-electron chi connectivity index (χ4n) is 2.87. The van der Waals surface area contributed by atoms with Gasteiger partial charge in [0.15, 0.2) is 0 Å². The van der Waals surface area contributed by atoms with E-state index in [4.69, 9.17) is 4.74 Å². The molecule has 0 radical (unpaired) electrons. The Morgan fingerprint density at radius 1 is 1.00 bits per heavy atom. The van der Waals surface area contributed by atoms with Crippen molar-refractivity contribution < 1.29 is 14.3 Å². The normalized spacial score (nSPS) is 10.2. The highest BCUT2D eigenvalue weighted by atomic mass is 16.5. The van der Waals surface area contributed by atoms with Crippen LogP contribution in [0.4, 0.5) is 10.5 Å². The first-order valence-electron chi connectivity index (χ1n) is 10.1. The SMILES string of the molecule is CN(Cc1ccccc1)C(=O)NCCC(=O)Nc1cccc(OCc2ccccn2)c1. The Balaban J connectivity index is 1.39. The second-order valence-corrected chi connectivity index (χ2v) is 7.01. The molecular formula is C24H26N4O3. The Bertz CT molecular complexity index is 980. The number of aromatic nitrogens is 1. The number of urea groups is 1. The van der Waals surface area contributed by atoms with Crippen LogP contribution in [0.15, 0.2) is 79.0 Å². The third-order valence-electron chi connectivity index (χ3n) is 4.47. The molecule has 3 amide bonds. The summed E-state index contributed by atoms with van der Waals surface area (Å²) in [5.41, 5.74) is 2.50. The first kappa shape index (κ1) is 21.8. The van der Waals surface area contributed by atoms with E-state index in [1.54, 1.807) is 30.3 Å². The van der Waals surface area contributed by atoms with E-state index in [0.29, 0.717) is 24.6 Å². The van der Waals surface area contributed by atoms with Crippen LogP contribution in [-0.4, -0.2) is 35.4 Å². The van der Waals surface area contributed by atoms with Gasteiger partial charge in [0.2, 0.25) is 5.91 Å². The molecule has 7 heteroatoms. The van der Waals surface area contributed by atoms with Crippen molar-refractivity contribution in [2.45, 2.75) is 19.6 Å². The van der Waals surface area contributed by atoms with Gasteiger partial charge in [0.25, 0.3) is 0 Å². The van der Waals surface area contributed by atoms with E-state index in [0.717, 1.165) is 11.3 Å². The summed E-state index contributed by atoms with van der Waals surface area (Å²) < 4.78 is 5.73. The lowest BCUT2D eigenvalue weighted by Gasteiger charge is -2.18. The van der Waals surface area contributed by atoms with Gasteiger partial charge in [-0.25, -0.2) is 4.79 Å². The summed E-state index contributed by atoms with van der Waals surface area (Å²) in [6.07, 6.45) is 1.89. The second-order valence-electron chi connectivity index (χ2n) is 7.01. The Labute approximate surface area is 182 Å². The molecule has 2 aromatic carbocycles. The average Bonchev–Trinajstić information content (AvgIpc) is 2.79. The third-order valence-corrected chi connectivity index (χ3v) is 4.47. The highest BCUT2D eigenvalue weighted by Crippen LogP contribution is 2.18. The van der Waals surface area contributed by atoms with Crippen LogP contribution in [0.3, 0.4) is 0 Å². The van der Waals surface area contributed by atoms with Crippen LogP contribution in [-0.2, 0) is 17.9 Å². The number of carbonyl (C=O) groups excluding carboxylic acids is 2. The molecule has 0 atom stereocenters. The van der Waals surface area contributed by atoms with Crippen LogP contribution in [0, 0.1) is 0 Å². The van der Waals surface area contributed by atoms with Crippen LogP contribution in [0.25, 0.3) is 0 Å². The van der Waals surface area contributed by atoms with Gasteiger partial charge in [-0.1, -0.05) is 42.5 Å². The number of ether oxygens (including phenoxy) is 1. The zero-order chi connectivity index (χ0) is 21.9. The molecule has 0 aliphatic heterocycles. The number of hydrogen-bond acceptors (Lipinski definition) is 4. The number of amides is 3. The number of nitrogens with zero attached hydrogens (tertiary/aromatic N) is 2. The first-order valence-corrected chi connectivity index (χ1v) is 10.1. The van der Waals surface area contributed by atoms with Crippen molar-refractivity contribution in [3.63, 3.8) is 0 Å². The van der Waals surface area contributed by atoms with Crippen molar-refractivity contribution in [1.82, 2.24) is 15.2 Å². The summed E-state index contributed by atoms with van der Waals surface area (Å²) in [6.45, 7) is 1.10. The number of anilines is 1. The van der Waals surface area contributed by atoms with E-state index in [-0.39, 0.29) is 24.9 Å². The molecule has 0 spiro atoms. The quantitative estimate of drug-likeness (QED) is 0.553. The van der Waals surface area contributed by atoms with Crippen molar-refractivity contribution in [3.05, 3.63) is 90.3 Å². The van der Waals surface area contributed by atoms with Crippen LogP contribution in [0.2, 0.25) is 0 Å². The molecule has 160 valence electrons. The van der Waals surface area contributed by atoms with Crippen molar-refractivity contribution in [2.24, 2.45) is 0 Å². The Morgan fingerprint density at radius 2 is 1.81 bits per heavy atom. The van der Waals surface area contributed by atoms with Crippen molar-refractivity contribution in [3.8, 4) is 5.75 Å². The number of rotatable bonds is 9. The second kappa shape index (κ2) is 11.3. The van der Waals surface area contributed by atoms with Gasteiger partial charge >= 0.3 is 6.03 Å². The van der Waals surface area contributed by atoms with Gasteiger partial charge in [0, 0.05) is 44.5 Å². The first-order chi connectivity index (χ1) is 15.1. The van der Waals surface area contributed by atoms with Gasteiger partial charge in [0.05, 0.1) is 5.69 Å². The molecular weight excluding hydrogens is 392 g/mol. The predicted molar refractivity (Wildman–Crippen MR) is 120 cm³/mol. The maximum absolute atomic E-state index is 12.2. The van der Waals surface area contributed by atoms with E-state index in [1.165, 1.54) is 0 Å². The monoisotopic (exact) mass is 418 g/mol. The van der Waals surface area contributed by atoms with Crippen LogP contribution < -0.4 is 15.4 Å². The smallest absolute Gasteiger partial charge is 0.317 e. The summed E-state index contributed by atoms with van der Waals surface area (Å²) in [7, 11) is 1.72. The molecule has 0 saturated heterocycles. The van der Waals surface area contributed by atoms with Gasteiger partial charge in [-0.05, 0) is 29.8 Å².